The molecule has 16 heavy (non-hydrogen) atoms. The highest BCUT2D eigenvalue weighted by molar-refractivity contribution is 5.57. The van der Waals surface area contributed by atoms with Crippen molar-refractivity contribution < 1.29 is 4.39 Å². The first-order valence-electron chi connectivity index (χ1n) is 4.83. The maximum absolute atomic E-state index is 12.8. The molecule has 0 radical (unpaired) electrons. The van der Waals surface area contributed by atoms with Crippen molar-refractivity contribution in [1.82, 2.24) is 9.55 Å². The molecule has 0 aliphatic carbocycles. The Labute approximate surface area is 92.8 Å². The van der Waals surface area contributed by atoms with E-state index >= 15 is 0 Å². The predicted molar refractivity (Wildman–Crippen MR) is 58.1 cm³/mol. The van der Waals surface area contributed by atoms with E-state index in [4.69, 9.17) is 5.26 Å². The van der Waals surface area contributed by atoms with Crippen LogP contribution in [0.2, 0.25) is 0 Å². The molecule has 0 aliphatic rings. The molecule has 0 atom stereocenters. The monoisotopic (exact) mass is 215 g/mol. The van der Waals surface area contributed by atoms with Gasteiger partial charge in [-0.3, -0.25) is 0 Å². The standard InChI is InChI=1S/C12H10FN3/c1-8-11(7-14)16(2)12(15-8)9-3-5-10(13)6-4-9/h3-6H,1-2H3. The summed E-state index contributed by atoms with van der Waals surface area (Å²) < 4.78 is 14.5. The Morgan fingerprint density at radius 1 is 1.31 bits per heavy atom. The third-order valence-corrected chi connectivity index (χ3v) is 2.48. The van der Waals surface area contributed by atoms with Crippen molar-refractivity contribution in [1.29, 1.82) is 5.26 Å². The molecule has 3 nitrogen and oxygen atoms in total. The molecule has 2 rings (SSSR count). The SMILES string of the molecule is Cc1nc(-c2ccc(F)cc2)n(C)c1C#N. The molecular formula is C12H10FN3. The lowest BCUT2D eigenvalue weighted by Gasteiger charge is -2.01. The van der Waals surface area contributed by atoms with Crippen molar-refractivity contribution in [3.63, 3.8) is 0 Å². The number of nitrogens with zero attached hydrogens (tertiary/aromatic N) is 3. The van der Waals surface area contributed by atoms with Crippen molar-refractivity contribution in [2.75, 3.05) is 0 Å². The molecule has 4 heteroatoms. The summed E-state index contributed by atoms with van der Waals surface area (Å²) in [5, 5.41) is 8.93. The van der Waals surface area contributed by atoms with Crippen LogP contribution in [0.5, 0.6) is 0 Å². The number of halogens is 1. The quantitative estimate of drug-likeness (QED) is 0.733. The van der Waals surface area contributed by atoms with E-state index in [-0.39, 0.29) is 5.82 Å². The van der Waals surface area contributed by atoms with Crippen LogP contribution in [0.1, 0.15) is 11.4 Å². The summed E-state index contributed by atoms with van der Waals surface area (Å²) in [4.78, 5) is 4.30. The van der Waals surface area contributed by atoms with Crippen LogP contribution >= 0.6 is 0 Å². The van der Waals surface area contributed by atoms with Crippen molar-refractivity contribution in [2.45, 2.75) is 6.92 Å². The van der Waals surface area contributed by atoms with Crippen molar-refractivity contribution in [3.8, 4) is 17.5 Å². The number of hydrogen-bond acceptors (Lipinski definition) is 2. The van der Waals surface area contributed by atoms with Gasteiger partial charge in [-0.1, -0.05) is 0 Å². The number of aromatic nitrogens is 2. The Hall–Kier alpha value is -2.15. The topological polar surface area (TPSA) is 41.6 Å². The minimum Gasteiger partial charge on any atom is -0.319 e. The van der Waals surface area contributed by atoms with Crippen LogP contribution in [-0.4, -0.2) is 9.55 Å². The molecular weight excluding hydrogens is 205 g/mol. The van der Waals surface area contributed by atoms with Crippen molar-refractivity contribution in [3.05, 3.63) is 41.5 Å². The molecule has 0 saturated heterocycles. The Kier molecular flexibility index (Phi) is 2.45. The largest absolute Gasteiger partial charge is 0.319 e. The zero-order valence-electron chi connectivity index (χ0n) is 9.03. The van der Waals surface area contributed by atoms with E-state index in [0.717, 1.165) is 5.56 Å². The number of rotatable bonds is 1. The van der Waals surface area contributed by atoms with E-state index in [1.807, 2.05) is 0 Å². The first-order chi connectivity index (χ1) is 7.63. The van der Waals surface area contributed by atoms with Gasteiger partial charge in [0.1, 0.15) is 23.4 Å². The summed E-state index contributed by atoms with van der Waals surface area (Å²) in [6.07, 6.45) is 0. The van der Waals surface area contributed by atoms with Gasteiger partial charge in [0.15, 0.2) is 0 Å². The maximum Gasteiger partial charge on any atom is 0.143 e. The van der Waals surface area contributed by atoms with Crippen molar-refractivity contribution >= 4 is 0 Å². The van der Waals surface area contributed by atoms with Crippen LogP contribution in [-0.2, 0) is 7.05 Å². The highest BCUT2D eigenvalue weighted by Gasteiger charge is 2.12. The number of benzene rings is 1. The van der Waals surface area contributed by atoms with Gasteiger partial charge in [-0.15, -0.1) is 0 Å². The van der Waals surface area contributed by atoms with Crippen LogP contribution in [0.4, 0.5) is 4.39 Å². The van der Waals surface area contributed by atoms with Gasteiger partial charge in [0.05, 0.1) is 5.69 Å². The number of hydrogen-bond donors (Lipinski definition) is 0. The van der Waals surface area contributed by atoms with E-state index < -0.39 is 0 Å². The average Bonchev–Trinajstić information content (AvgIpc) is 2.55. The summed E-state index contributed by atoms with van der Waals surface area (Å²) in [6, 6.07) is 8.15. The van der Waals surface area contributed by atoms with E-state index in [2.05, 4.69) is 11.1 Å². The van der Waals surface area contributed by atoms with Gasteiger partial charge < -0.3 is 4.57 Å². The lowest BCUT2D eigenvalue weighted by Crippen LogP contribution is -1.95. The molecule has 0 aliphatic heterocycles. The number of aryl methyl sites for hydroxylation is 1. The third kappa shape index (κ3) is 1.57. The molecule has 0 amide bonds. The summed E-state index contributed by atoms with van der Waals surface area (Å²) >= 11 is 0. The summed E-state index contributed by atoms with van der Waals surface area (Å²) in [7, 11) is 1.78. The Balaban J connectivity index is 2.58. The number of imidazole rings is 1. The highest BCUT2D eigenvalue weighted by Crippen LogP contribution is 2.20. The molecule has 2 aromatic rings. The smallest absolute Gasteiger partial charge is 0.143 e. The summed E-state index contributed by atoms with van der Waals surface area (Å²) in [5.74, 6) is 0.393. The van der Waals surface area contributed by atoms with Crippen LogP contribution in [0.3, 0.4) is 0 Å². The second-order valence-electron chi connectivity index (χ2n) is 3.55. The molecule has 1 aromatic heterocycles. The van der Waals surface area contributed by atoms with Crippen molar-refractivity contribution in [2.24, 2.45) is 7.05 Å². The third-order valence-electron chi connectivity index (χ3n) is 2.48. The van der Waals surface area contributed by atoms with Gasteiger partial charge in [-0.25, -0.2) is 9.37 Å². The van der Waals surface area contributed by atoms with Gasteiger partial charge in [0.2, 0.25) is 0 Å². The van der Waals surface area contributed by atoms with Gasteiger partial charge >= 0.3 is 0 Å². The fraction of sp³-hybridized carbons (Fsp3) is 0.167. The van der Waals surface area contributed by atoms with Crippen LogP contribution in [0, 0.1) is 24.1 Å². The zero-order valence-corrected chi connectivity index (χ0v) is 9.03. The summed E-state index contributed by atoms with van der Waals surface area (Å²) in [6.45, 7) is 1.78. The van der Waals surface area contributed by atoms with Gasteiger partial charge in [-0.05, 0) is 31.2 Å². The Morgan fingerprint density at radius 2 is 1.94 bits per heavy atom. The minimum absolute atomic E-state index is 0.282. The van der Waals surface area contributed by atoms with Crippen LogP contribution in [0.15, 0.2) is 24.3 Å². The second-order valence-corrected chi connectivity index (χ2v) is 3.55. The molecule has 0 N–H and O–H groups in total. The second kappa shape index (κ2) is 3.78. The fourth-order valence-electron chi connectivity index (χ4n) is 1.65. The molecule has 1 aromatic carbocycles. The first-order valence-corrected chi connectivity index (χ1v) is 4.83. The maximum atomic E-state index is 12.8. The zero-order chi connectivity index (χ0) is 11.7. The Morgan fingerprint density at radius 3 is 2.44 bits per heavy atom. The van der Waals surface area contributed by atoms with Crippen LogP contribution < -0.4 is 0 Å². The molecule has 0 bridgehead atoms. The van der Waals surface area contributed by atoms with Gasteiger partial charge in [-0.2, -0.15) is 5.26 Å². The molecule has 0 fully saturated rings. The van der Waals surface area contributed by atoms with Crippen LogP contribution in [0.25, 0.3) is 11.4 Å². The van der Waals surface area contributed by atoms with E-state index in [1.54, 1.807) is 30.7 Å². The lowest BCUT2D eigenvalue weighted by molar-refractivity contribution is 0.628. The first kappa shape index (κ1) is 10.4. The highest BCUT2D eigenvalue weighted by atomic mass is 19.1. The Bertz CT molecular complexity index is 561. The summed E-state index contributed by atoms with van der Waals surface area (Å²) in [5.41, 5.74) is 2.01. The van der Waals surface area contributed by atoms with Gasteiger partial charge in [0, 0.05) is 12.6 Å². The predicted octanol–water partition coefficient (Wildman–Crippen LogP) is 2.41. The average molecular weight is 215 g/mol. The van der Waals surface area contributed by atoms with E-state index in [9.17, 15) is 4.39 Å². The van der Waals surface area contributed by atoms with E-state index in [0.29, 0.717) is 17.2 Å². The lowest BCUT2D eigenvalue weighted by atomic mass is 10.2. The molecule has 1 heterocycles. The minimum atomic E-state index is -0.282. The van der Waals surface area contributed by atoms with Gasteiger partial charge in [0.25, 0.3) is 0 Å². The molecule has 80 valence electrons. The number of nitriles is 1. The molecule has 0 unspecified atom stereocenters. The fourth-order valence-corrected chi connectivity index (χ4v) is 1.65. The van der Waals surface area contributed by atoms with E-state index in [1.165, 1.54) is 12.1 Å². The molecule has 0 spiro atoms. The normalized spacial score (nSPS) is 10.1. The molecule has 0 saturated carbocycles.